The Labute approximate surface area is 141 Å². The van der Waals surface area contributed by atoms with Crippen LogP contribution < -0.4 is 5.32 Å². The zero-order chi connectivity index (χ0) is 16.9. The first-order valence-electron chi connectivity index (χ1n) is 7.88. The van der Waals surface area contributed by atoms with Crippen molar-refractivity contribution in [1.82, 2.24) is 20.3 Å². The molecule has 5 heteroatoms. The standard InChI is InChI=1S/C19H20N4O/c1-13(21-11-15-4-3-5-17(24)10-15)18-12-22-19(23-14(18)2)16-6-8-20-9-7-16/h3-10,12-13,21,24H,11H2,1-2H3. The fourth-order valence-electron chi connectivity index (χ4n) is 2.59. The average molecular weight is 320 g/mol. The highest BCUT2D eigenvalue weighted by Crippen LogP contribution is 2.20. The number of pyridine rings is 1. The third-order valence-electron chi connectivity index (χ3n) is 3.95. The van der Waals surface area contributed by atoms with E-state index in [2.05, 4.69) is 27.2 Å². The quantitative estimate of drug-likeness (QED) is 0.754. The predicted octanol–water partition coefficient (Wildman–Crippen LogP) is 3.40. The van der Waals surface area contributed by atoms with Crippen molar-refractivity contribution >= 4 is 0 Å². The Balaban J connectivity index is 1.72. The first kappa shape index (κ1) is 16.1. The highest BCUT2D eigenvalue weighted by atomic mass is 16.3. The monoisotopic (exact) mass is 320 g/mol. The molecule has 0 saturated carbocycles. The number of hydrogen-bond donors (Lipinski definition) is 2. The molecule has 0 saturated heterocycles. The molecule has 0 bridgehead atoms. The van der Waals surface area contributed by atoms with Gasteiger partial charge in [0.1, 0.15) is 5.75 Å². The summed E-state index contributed by atoms with van der Waals surface area (Å²) in [5, 5.41) is 13.0. The lowest BCUT2D eigenvalue weighted by molar-refractivity contribution is 0.473. The molecule has 0 radical (unpaired) electrons. The van der Waals surface area contributed by atoms with E-state index in [0.29, 0.717) is 12.4 Å². The second-order valence-electron chi connectivity index (χ2n) is 5.74. The van der Waals surface area contributed by atoms with Gasteiger partial charge in [0.25, 0.3) is 0 Å². The van der Waals surface area contributed by atoms with E-state index in [1.807, 2.05) is 37.4 Å². The zero-order valence-electron chi connectivity index (χ0n) is 13.8. The van der Waals surface area contributed by atoms with Crippen molar-refractivity contribution < 1.29 is 5.11 Å². The smallest absolute Gasteiger partial charge is 0.159 e. The third-order valence-corrected chi connectivity index (χ3v) is 3.95. The van der Waals surface area contributed by atoms with E-state index in [1.165, 1.54) is 0 Å². The minimum atomic E-state index is 0.110. The van der Waals surface area contributed by atoms with E-state index < -0.39 is 0 Å². The number of phenolic OH excluding ortho intramolecular Hbond substituents is 1. The maximum atomic E-state index is 9.53. The van der Waals surface area contributed by atoms with Crippen LogP contribution >= 0.6 is 0 Å². The van der Waals surface area contributed by atoms with Crippen LogP contribution in [-0.4, -0.2) is 20.1 Å². The van der Waals surface area contributed by atoms with E-state index in [-0.39, 0.29) is 11.8 Å². The molecule has 0 aliphatic heterocycles. The largest absolute Gasteiger partial charge is 0.508 e. The van der Waals surface area contributed by atoms with Gasteiger partial charge >= 0.3 is 0 Å². The summed E-state index contributed by atoms with van der Waals surface area (Å²) in [6.07, 6.45) is 5.35. The highest BCUT2D eigenvalue weighted by molar-refractivity contribution is 5.53. The summed E-state index contributed by atoms with van der Waals surface area (Å²) in [5.41, 5.74) is 4.01. The van der Waals surface area contributed by atoms with E-state index in [1.54, 1.807) is 24.5 Å². The summed E-state index contributed by atoms with van der Waals surface area (Å²) in [7, 11) is 0. The first-order valence-corrected chi connectivity index (χ1v) is 7.88. The molecule has 0 amide bonds. The molecule has 0 aliphatic carbocycles. The van der Waals surface area contributed by atoms with Crippen LogP contribution in [0, 0.1) is 6.92 Å². The summed E-state index contributed by atoms with van der Waals surface area (Å²) >= 11 is 0. The Morgan fingerprint density at radius 3 is 2.67 bits per heavy atom. The van der Waals surface area contributed by atoms with Crippen LogP contribution in [0.3, 0.4) is 0 Å². The Hall–Kier alpha value is -2.79. The van der Waals surface area contributed by atoms with Crippen LogP contribution in [0.1, 0.15) is 29.8 Å². The van der Waals surface area contributed by atoms with Gasteiger partial charge in [0, 0.05) is 48.0 Å². The number of phenols is 1. The number of hydrogen-bond acceptors (Lipinski definition) is 5. The van der Waals surface area contributed by atoms with Crippen molar-refractivity contribution in [2.24, 2.45) is 0 Å². The molecule has 24 heavy (non-hydrogen) atoms. The van der Waals surface area contributed by atoms with Crippen molar-refractivity contribution in [3.63, 3.8) is 0 Å². The SMILES string of the molecule is Cc1nc(-c2ccncc2)ncc1C(C)NCc1cccc(O)c1. The summed E-state index contributed by atoms with van der Waals surface area (Å²) in [5.74, 6) is 0.988. The number of nitrogens with one attached hydrogen (secondary N) is 1. The Kier molecular flexibility index (Phi) is 4.82. The Morgan fingerprint density at radius 2 is 1.96 bits per heavy atom. The molecule has 3 aromatic rings. The minimum absolute atomic E-state index is 0.110. The van der Waals surface area contributed by atoms with Crippen molar-refractivity contribution in [2.75, 3.05) is 0 Å². The molecular formula is C19H20N4O. The number of aromatic nitrogens is 3. The molecule has 122 valence electrons. The van der Waals surface area contributed by atoms with Gasteiger partial charge in [-0.1, -0.05) is 12.1 Å². The number of benzene rings is 1. The van der Waals surface area contributed by atoms with Crippen LogP contribution in [0.2, 0.25) is 0 Å². The van der Waals surface area contributed by atoms with Crippen LogP contribution in [0.25, 0.3) is 11.4 Å². The number of aromatic hydroxyl groups is 1. The lowest BCUT2D eigenvalue weighted by Gasteiger charge is -2.16. The summed E-state index contributed by atoms with van der Waals surface area (Å²) in [6, 6.07) is 11.2. The maximum absolute atomic E-state index is 9.53. The number of nitrogens with zero attached hydrogens (tertiary/aromatic N) is 3. The maximum Gasteiger partial charge on any atom is 0.159 e. The Morgan fingerprint density at radius 1 is 1.17 bits per heavy atom. The van der Waals surface area contributed by atoms with Gasteiger partial charge in [0.15, 0.2) is 5.82 Å². The number of aryl methyl sites for hydroxylation is 1. The second-order valence-corrected chi connectivity index (χ2v) is 5.74. The topological polar surface area (TPSA) is 70.9 Å². The molecule has 1 aromatic carbocycles. The normalized spacial score (nSPS) is 12.1. The van der Waals surface area contributed by atoms with Crippen molar-refractivity contribution in [3.8, 4) is 17.1 Å². The van der Waals surface area contributed by atoms with Crippen LogP contribution in [-0.2, 0) is 6.54 Å². The van der Waals surface area contributed by atoms with Gasteiger partial charge in [-0.25, -0.2) is 9.97 Å². The van der Waals surface area contributed by atoms with Gasteiger partial charge in [-0.3, -0.25) is 4.98 Å². The lowest BCUT2D eigenvalue weighted by Crippen LogP contribution is -2.19. The van der Waals surface area contributed by atoms with Gasteiger partial charge in [0.2, 0.25) is 0 Å². The molecule has 1 atom stereocenters. The fourth-order valence-corrected chi connectivity index (χ4v) is 2.59. The van der Waals surface area contributed by atoms with Gasteiger partial charge < -0.3 is 10.4 Å². The minimum Gasteiger partial charge on any atom is -0.508 e. The average Bonchev–Trinajstić information content (AvgIpc) is 2.60. The van der Waals surface area contributed by atoms with E-state index >= 15 is 0 Å². The van der Waals surface area contributed by atoms with Gasteiger partial charge in [0.05, 0.1) is 0 Å². The van der Waals surface area contributed by atoms with E-state index in [0.717, 1.165) is 22.4 Å². The molecule has 5 nitrogen and oxygen atoms in total. The molecule has 2 N–H and O–H groups in total. The third kappa shape index (κ3) is 3.75. The summed E-state index contributed by atoms with van der Waals surface area (Å²) in [4.78, 5) is 13.1. The molecule has 1 unspecified atom stereocenters. The van der Waals surface area contributed by atoms with Gasteiger partial charge in [-0.05, 0) is 43.7 Å². The molecule has 2 aromatic heterocycles. The molecule has 3 rings (SSSR count). The summed E-state index contributed by atoms with van der Waals surface area (Å²) in [6.45, 7) is 4.75. The Bertz CT molecular complexity index is 821. The fraction of sp³-hybridized carbons (Fsp3) is 0.211. The molecule has 0 spiro atoms. The van der Waals surface area contributed by atoms with Crippen molar-refractivity contribution in [1.29, 1.82) is 0 Å². The molecule has 0 fully saturated rings. The lowest BCUT2D eigenvalue weighted by atomic mass is 10.1. The van der Waals surface area contributed by atoms with E-state index in [4.69, 9.17) is 0 Å². The first-order chi connectivity index (χ1) is 11.6. The zero-order valence-corrected chi connectivity index (χ0v) is 13.8. The van der Waals surface area contributed by atoms with Crippen molar-refractivity contribution in [3.05, 3.63) is 71.8 Å². The van der Waals surface area contributed by atoms with Crippen LogP contribution in [0.5, 0.6) is 5.75 Å². The second kappa shape index (κ2) is 7.19. The predicted molar refractivity (Wildman–Crippen MR) is 93.4 cm³/mol. The van der Waals surface area contributed by atoms with E-state index in [9.17, 15) is 5.11 Å². The van der Waals surface area contributed by atoms with Gasteiger partial charge in [-0.2, -0.15) is 0 Å². The molecule has 0 aliphatic rings. The van der Waals surface area contributed by atoms with Crippen molar-refractivity contribution in [2.45, 2.75) is 26.4 Å². The summed E-state index contributed by atoms with van der Waals surface area (Å²) < 4.78 is 0. The van der Waals surface area contributed by atoms with Crippen LogP contribution in [0.15, 0.2) is 55.0 Å². The van der Waals surface area contributed by atoms with Gasteiger partial charge in [-0.15, -0.1) is 0 Å². The number of rotatable bonds is 5. The van der Waals surface area contributed by atoms with Crippen LogP contribution in [0.4, 0.5) is 0 Å². The molecule has 2 heterocycles. The highest BCUT2D eigenvalue weighted by Gasteiger charge is 2.11. The molecular weight excluding hydrogens is 300 g/mol.